The van der Waals surface area contributed by atoms with Gasteiger partial charge in [0.05, 0.1) is 53.8 Å². The lowest BCUT2D eigenvalue weighted by Gasteiger charge is -2.31. The van der Waals surface area contributed by atoms with E-state index in [4.69, 9.17) is 10.7 Å². The number of amides is 2. The molecule has 4 heterocycles. The summed E-state index contributed by atoms with van der Waals surface area (Å²) in [7, 11) is 0. The number of carbonyl (C=O) groups excluding carboxylic acids is 2. The van der Waals surface area contributed by atoms with Crippen LogP contribution in [0.4, 0.5) is 0 Å². The SMILES string of the molecule is CC(C)CN(CCCC(NC1CCCc2cccnc21)C(=O)NC(C)c1cncc2ccccc12)CC(C)C.NCCCCC(NC1CCCc2cccnc21)C(=O)NCc1ccccn1. The highest BCUT2D eigenvalue weighted by Gasteiger charge is 2.30. The molecule has 12 heteroatoms. The van der Waals surface area contributed by atoms with Gasteiger partial charge in [-0.3, -0.25) is 40.2 Å². The summed E-state index contributed by atoms with van der Waals surface area (Å²) in [6.45, 7) is 15.5. The molecule has 0 bridgehead atoms. The van der Waals surface area contributed by atoms with E-state index in [1.165, 1.54) is 11.1 Å². The van der Waals surface area contributed by atoms with Gasteiger partial charge in [-0.15, -0.1) is 0 Å². The Labute approximate surface area is 394 Å². The molecule has 6 N–H and O–H groups in total. The average Bonchev–Trinajstić information content (AvgIpc) is 3.32. The van der Waals surface area contributed by atoms with E-state index in [1.807, 2.05) is 67.3 Å². The minimum absolute atomic E-state index is 0.0146. The maximum Gasteiger partial charge on any atom is 0.237 e. The highest BCUT2D eigenvalue weighted by molar-refractivity contribution is 5.87. The zero-order chi connectivity index (χ0) is 46.7. The van der Waals surface area contributed by atoms with E-state index < -0.39 is 0 Å². The number of aryl methyl sites for hydroxylation is 2. The first-order valence-electron chi connectivity index (χ1n) is 24.7. The molecule has 4 aromatic heterocycles. The molecule has 0 spiro atoms. The lowest BCUT2D eigenvalue weighted by Crippen LogP contribution is -2.47. The van der Waals surface area contributed by atoms with Crippen molar-refractivity contribution in [2.45, 2.75) is 142 Å². The molecule has 0 aliphatic heterocycles. The Hall–Kier alpha value is -5.14. The summed E-state index contributed by atoms with van der Waals surface area (Å²) in [5, 5.41) is 15.9. The van der Waals surface area contributed by atoms with E-state index in [9.17, 15) is 9.59 Å². The minimum atomic E-state index is -0.284. The van der Waals surface area contributed by atoms with Crippen LogP contribution >= 0.6 is 0 Å². The molecule has 5 aromatic rings. The van der Waals surface area contributed by atoms with Gasteiger partial charge in [-0.05, 0) is 137 Å². The molecular formula is C54H76N10O2. The second-order valence-corrected chi connectivity index (χ2v) is 19.1. The molecule has 0 radical (unpaired) electrons. The Morgan fingerprint density at radius 1 is 0.697 bits per heavy atom. The molecule has 0 fully saturated rings. The normalized spacial score (nSPS) is 17.0. The molecule has 2 aliphatic carbocycles. The van der Waals surface area contributed by atoms with Gasteiger partial charge in [0.25, 0.3) is 0 Å². The maximum atomic E-state index is 13.9. The van der Waals surface area contributed by atoms with Crippen molar-refractivity contribution in [1.82, 2.24) is 46.1 Å². The van der Waals surface area contributed by atoms with Crippen LogP contribution in [0.1, 0.15) is 144 Å². The average molecular weight is 897 g/mol. The molecule has 0 saturated carbocycles. The van der Waals surface area contributed by atoms with Crippen LogP contribution in [-0.2, 0) is 29.0 Å². The van der Waals surface area contributed by atoms with Gasteiger partial charge in [0.15, 0.2) is 0 Å². The standard InChI is InChI=1S/C33H47N5O.C21H29N5O/c1-23(2)21-38(22-24(3)4)18-10-16-31(37-30-15-8-12-26-13-9-17-35-32(26)30)33(39)36-25(5)29-20-34-19-27-11-6-7-14-28(27)29;22-12-3-1-10-19(21(27)25-15-17-9-2-4-13-23-17)26-18-11-5-7-16-8-6-14-24-20(16)18/h6-7,9,11,13-14,17,19-20,23-25,30-31,37H,8,10,12,15-16,18,21-22H2,1-5H3,(H,36,39);2,4,6,8-9,13-14,18-19,26H,1,3,5,7,10-12,15,22H2,(H,25,27). The van der Waals surface area contributed by atoms with Crippen molar-refractivity contribution in [2.24, 2.45) is 17.6 Å². The predicted molar refractivity (Wildman–Crippen MR) is 266 cm³/mol. The van der Waals surface area contributed by atoms with Crippen LogP contribution in [0.15, 0.2) is 97.7 Å². The molecule has 7 rings (SSSR count). The maximum absolute atomic E-state index is 13.9. The van der Waals surface area contributed by atoms with Gasteiger partial charge in [-0.25, -0.2) is 0 Å². The summed E-state index contributed by atoms with van der Waals surface area (Å²) in [5.41, 5.74) is 12.3. The first-order chi connectivity index (χ1) is 32.1. The molecule has 2 amide bonds. The third-order valence-corrected chi connectivity index (χ3v) is 12.7. The molecule has 2 aliphatic rings. The van der Waals surface area contributed by atoms with Crippen LogP contribution < -0.4 is 27.0 Å². The monoisotopic (exact) mass is 897 g/mol. The smallest absolute Gasteiger partial charge is 0.237 e. The van der Waals surface area contributed by atoms with Gasteiger partial charge >= 0.3 is 0 Å². The Kier molecular flexibility index (Phi) is 20.0. The number of carbonyl (C=O) groups is 2. The van der Waals surface area contributed by atoms with Crippen LogP contribution in [0, 0.1) is 11.8 Å². The van der Waals surface area contributed by atoms with Gasteiger partial charge < -0.3 is 21.3 Å². The van der Waals surface area contributed by atoms with Crippen molar-refractivity contribution < 1.29 is 9.59 Å². The molecule has 12 nitrogen and oxygen atoms in total. The van der Waals surface area contributed by atoms with Crippen molar-refractivity contribution in [3.05, 3.63) is 131 Å². The van der Waals surface area contributed by atoms with Crippen molar-refractivity contribution >= 4 is 22.6 Å². The fraction of sp³-hybridized carbons (Fsp3) is 0.519. The van der Waals surface area contributed by atoms with Gasteiger partial charge in [-0.2, -0.15) is 0 Å². The third kappa shape index (κ3) is 15.2. The van der Waals surface area contributed by atoms with Gasteiger partial charge in [0, 0.05) is 55.0 Å². The van der Waals surface area contributed by atoms with E-state index in [2.05, 4.69) is 100 Å². The fourth-order valence-corrected chi connectivity index (χ4v) is 9.59. The molecule has 5 unspecified atom stereocenters. The zero-order valence-corrected chi connectivity index (χ0v) is 40.2. The lowest BCUT2D eigenvalue weighted by atomic mass is 9.91. The van der Waals surface area contributed by atoms with Gasteiger partial charge in [0.2, 0.25) is 11.8 Å². The van der Waals surface area contributed by atoms with E-state index in [-0.39, 0.29) is 42.0 Å². The molecule has 66 heavy (non-hydrogen) atoms. The summed E-state index contributed by atoms with van der Waals surface area (Å²) in [6.07, 6.45) is 19.9. The number of pyridine rings is 4. The fourth-order valence-electron chi connectivity index (χ4n) is 9.59. The largest absolute Gasteiger partial charge is 0.349 e. The van der Waals surface area contributed by atoms with Crippen LogP contribution in [0.3, 0.4) is 0 Å². The highest BCUT2D eigenvalue weighted by Crippen LogP contribution is 2.30. The number of nitrogens with two attached hydrogens (primary N) is 1. The minimum Gasteiger partial charge on any atom is -0.349 e. The Bertz CT molecular complexity index is 2220. The molecular weight excluding hydrogens is 821 g/mol. The number of hydrogen-bond acceptors (Lipinski definition) is 10. The van der Waals surface area contributed by atoms with E-state index >= 15 is 0 Å². The predicted octanol–water partition coefficient (Wildman–Crippen LogP) is 8.49. The van der Waals surface area contributed by atoms with Crippen LogP contribution in [-0.4, -0.2) is 74.9 Å². The van der Waals surface area contributed by atoms with Crippen molar-refractivity contribution in [1.29, 1.82) is 0 Å². The second-order valence-electron chi connectivity index (χ2n) is 19.1. The summed E-state index contributed by atoms with van der Waals surface area (Å²) in [5.74, 6) is 1.32. The molecule has 0 saturated heterocycles. The summed E-state index contributed by atoms with van der Waals surface area (Å²) in [6, 6.07) is 21.8. The van der Waals surface area contributed by atoms with Crippen molar-refractivity contribution in [2.75, 3.05) is 26.2 Å². The number of hydrogen-bond donors (Lipinski definition) is 5. The second kappa shape index (κ2) is 26.3. The number of nitrogens with zero attached hydrogens (tertiary/aromatic N) is 5. The first-order valence-corrected chi connectivity index (χ1v) is 24.7. The quantitative estimate of drug-likeness (QED) is 0.0426. The zero-order valence-electron chi connectivity index (χ0n) is 40.2. The van der Waals surface area contributed by atoms with Crippen LogP contribution in [0.2, 0.25) is 0 Å². The number of benzene rings is 1. The van der Waals surface area contributed by atoms with Gasteiger partial charge in [0.1, 0.15) is 0 Å². The number of fused-ring (bicyclic) bond motifs is 3. The summed E-state index contributed by atoms with van der Waals surface area (Å²) >= 11 is 0. The topological polar surface area (TPSA) is 163 Å². The van der Waals surface area contributed by atoms with Crippen molar-refractivity contribution in [3.8, 4) is 0 Å². The summed E-state index contributed by atoms with van der Waals surface area (Å²) < 4.78 is 0. The Morgan fingerprint density at radius 3 is 1.92 bits per heavy atom. The highest BCUT2D eigenvalue weighted by atomic mass is 16.2. The first kappa shape index (κ1) is 50.3. The third-order valence-electron chi connectivity index (χ3n) is 12.7. The number of rotatable bonds is 22. The van der Waals surface area contributed by atoms with Crippen LogP contribution in [0.5, 0.6) is 0 Å². The van der Waals surface area contributed by atoms with Gasteiger partial charge in [-0.1, -0.05) is 76.6 Å². The summed E-state index contributed by atoms with van der Waals surface area (Å²) in [4.78, 5) is 47.3. The van der Waals surface area contributed by atoms with Crippen LogP contribution in [0.25, 0.3) is 10.8 Å². The molecule has 5 atom stereocenters. The Balaban J connectivity index is 0.000000233. The van der Waals surface area contributed by atoms with Crippen molar-refractivity contribution in [3.63, 3.8) is 0 Å². The van der Waals surface area contributed by atoms with E-state index in [0.29, 0.717) is 24.9 Å². The molecule has 354 valence electrons. The lowest BCUT2D eigenvalue weighted by molar-refractivity contribution is -0.124. The Morgan fingerprint density at radius 2 is 1.30 bits per heavy atom. The number of unbranched alkanes of at least 4 members (excludes halogenated alkanes) is 1. The number of aromatic nitrogens is 4. The van der Waals surface area contributed by atoms with E-state index in [0.717, 1.165) is 124 Å². The molecule has 1 aromatic carbocycles. The number of nitrogens with one attached hydrogen (secondary N) is 4. The van der Waals surface area contributed by atoms with E-state index in [1.54, 1.807) is 6.20 Å².